The molecule has 0 aromatic rings. The zero-order chi connectivity index (χ0) is 46.9. The molecule has 2 aliphatic heterocycles. The van der Waals surface area contributed by atoms with E-state index in [1.807, 2.05) is 41.5 Å². The molecular weight excluding hydrogens is 761 g/mol. The predicted octanol–water partition coefficient (Wildman–Crippen LogP) is 11.6. The second kappa shape index (κ2) is 21.1. The fraction of sp³-hybridized carbons (Fsp3) is 0.846. The van der Waals surface area contributed by atoms with Crippen molar-refractivity contribution in [3.8, 4) is 0 Å². The van der Waals surface area contributed by atoms with E-state index in [1.165, 1.54) is 0 Å². The lowest BCUT2D eigenvalue weighted by molar-refractivity contribution is -0.140. The SMILES string of the molecule is CC(C)(C)NC(CCC/C=C/CCCOC(=O)N1CCC(NC(C)(C)C)(C(=O)C(C)(C)C)CC1)(CCC/C=C/C[C@@]1(C(=O)C(C)(C)C)CCCN1C(C)(C)C)C(=O)C(C)(C)C. The molecule has 0 aromatic heterocycles. The number of ether oxygens (including phenoxy) is 1. The van der Waals surface area contributed by atoms with Gasteiger partial charge in [-0.1, -0.05) is 86.6 Å². The van der Waals surface area contributed by atoms with Gasteiger partial charge in [0.2, 0.25) is 0 Å². The summed E-state index contributed by atoms with van der Waals surface area (Å²) < 4.78 is 5.67. The quantitative estimate of drug-likeness (QED) is 0.0977. The number of nitrogens with one attached hydrogen (secondary N) is 2. The zero-order valence-electron chi connectivity index (χ0n) is 42.8. The number of amides is 1. The Morgan fingerprint density at radius 3 is 1.52 bits per heavy atom. The van der Waals surface area contributed by atoms with Gasteiger partial charge in [0, 0.05) is 46.0 Å². The number of unbranched alkanes of at least 4 members (excludes halogenated alkanes) is 3. The molecule has 1 amide bonds. The number of hydrogen-bond acceptors (Lipinski definition) is 8. The van der Waals surface area contributed by atoms with Crippen LogP contribution in [0.4, 0.5) is 4.79 Å². The average Bonchev–Trinajstić information content (AvgIpc) is 3.54. The summed E-state index contributed by atoms with van der Waals surface area (Å²) in [5.74, 6) is 0.791. The molecule has 2 N–H and O–H groups in total. The minimum atomic E-state index is -0.652. The third-order valence-corrected chi connectivity index (χ3v) is 12.2. The van der Waals surface area contributed by atoms with Crippen LogP contribution in [0.25, 0.3) is 0 Å². The van der Waals surface area contributed by atoms with E-state index in [0.717, 1.165) is 77.2 Å². The lowest BCUT2D eigenvalue weighted by Gasteiger charge is -2.47. The molecule has 0 saturated carbocycles. The molecule has 0 spiro atoms. The largest absolute Gasteiger partial charge is 0.449 e. The van der Waals surface area contributed by atoms with Crippen LogP contribution >= 0.6 is 0 Å². The van der Waals surface area contributed by atoms with Crippen molar-refractivity contribution in [3.63, 3.8) is 0 Å². The molecular formula is C52H94N4O5. The summed E-state index contributed by atoms with van der Waals surface area (Å²) in [7, 11) is 0. The molecule has 61 heavy (non-hydrogen) atoms. The first-order valence-corrected chi connectivity index (χ1v) is 23.8. The first-order chi connectivity index (χ1) is 27.6. The smallest absolute Gasteiger partial charge is 0.409 e. The van der Waals surface area contributed by atoms with Crippen LogP contribution in [0.3, 0.4) is 0 Å². The molecule has 0 aromatic carbocycles. The predicted molar refractivity (Wildman–Crippen MR) is 255 cm³/mol. The number of hydrogen-bond donors (Lipinski definition) is 2. The molecule has 2 rings (SSSR count). The minimum Gasteiger partial charge on any atom is -0.449 e. The van der Waals surface area contributed by atoms with Gasteiger partial charge in [-0.15, -0.1) is 0 Å². The third-order valence-electron chi connectivity index (χ3n) is 12.2. The Kier molecular flexibility index (Phi) is 18.9. The number of carbonyl (C=O) groups is 4. The molecule has 9 nitrogen and oxygen atoms in total. The fourth-order valence-corrected chi connectivity index (χ4v) is 10.1. The van der Waals surface area contributed by atoms with Gasteiger partial charge in [0.1, 0.15) is 0 Å². The van der Waals surface area contributed by atoms with Crippen LogP contribution in [-0.4, -0.2) is 92.7 Å². The molecule has 0 bridgehead atoms. The van der Waals surface area contributed by atoms with Crippen molar-refractivity contribution in [2.45, 2.75) is 241 Å². The Morgan fingerprint density at radius 1 is 0.590 bits per heavy atom. The van der Waals surface area contributed by atoms with E-state index < -0.39 is 32.9 Å². The zero-order valence-corrected chi connectivity index (χ0v) is 42.8. The molecule has 352 valence electrons. The van der Waals surface area contributed by atoms with E-state index in [2.05, 4.69) is 123 Å². The molecule has 1 unspecified atom stereocenters. The Morgan fingerprint density at radius 2 is 1.08 bits per heavy atom. The highest BCUT2D eigenvalue weighted by Crippen LogP contribution is 2.43. The third kappa shape index (κ3) is 16.3. The van der Waals surface area contributed by atoms with Crippen LogP contribution in [0, 0.1) is 16.2 Å². The van der Waals surface area contributed by atoms with Gasteiger partial charge in [-0.3, -0.25) is 19.3 Å². The molecule has 2 aliphatic rings. The second-order valence-electron chi connectivity index (χ2n) is 24.8. The lowest BCUT2D eigenvalue weighted by atomic mass is 9.72. The highest BCUT2D eigenvalue weighted by molar-refractivity contribution is 5.94. The summed E-state index contributed by atoms with van der Waals surface area (Å²) in [6, 6.07) is 0. The van der Waals surface area contributed by atoms with Gasteiger partial charge in [-0.25, -0.2) is 4.79 Å². The van der Waals surface area contributed by atoms with Crippen LogP contribution in [0.1, 0.15) is 208 Å². The number of carbonyl (C=O) groups excluding carboxylic acids is 4. The monoisotopic (exact) mass is 855 g/mol. The number of likely N-dealkylation sites (tertiary alicyclic amines) is 2. The van der Waals surface area contributed by atoms with Crippen molar-refractivity contribution in [3.05, 3.63) is 24.3 Å². The van der Waals surface area contributed by atoms with E-state index in [1.54, 1.807) is 4.90 Å². The minimum absolute atomic E-state index is 0.0928. The summed E-state index contributed by atoms with van der Waals surface area (Å²) >= 11 is 0. The van der Waals surface area contributed by atoms with Gasteiger partial charge in [0.05, 0.1) is 23.2 Å². The summed E-state index contributed by atoms with van der Waals surface area (Å²) in [6.07, 6.45) is 18.9. The summed E-state index contributed by atoms with van der Waals surface area (Å²) in [4.78, 5) is 59.1. The average molecular weight is 855 g/mol. The van der Waals surface area contributed by atoms with Gasteiger partial charge in [-0.05, 0) is 152 Å². The standard InChI is InChI=1S/C52H94N4O5/c1-44(2,3)40(57)50(53-47(10,11)12,31-26-22-23-27-32-52(42(59)46(7,8)9)33-29-36-56(52)49(16,17)18)30-25-21-19-20-24-28-39-61-43(60)55-37-34-51(35-38-55,54-48(13,14)15)41(58)45(4,5)6/h19-20,23,27,53-54H,21-22,24-26,28-39H2,1-18H3/b20-19+,27-23+/t50?,52-/m0/s1. The molecule has 2 heterocycles. The number of piperidine rings is 1. The van der Waals surface area contributed by atoms with Gasteiger partial charge >= 0.3 is 6.09 Å². The maximum atomic E-state index is 14.4. The number of rotatable bonds is 19. The molecule has 0 radical (unpaired) electrons. The summed E-state index contributed by atoms with van der Waals surface area (Å²) in [5, 5.41) is 7.45. The van der Waals surface area contributed by atoms with Crippen LogP contribution in [-0.2, 0) is 19.1 Å². The van der Waals surface area contributed by atoms with E-state index >= 15 is 0 Å². The van der Waals surface area contributed by atoms with Gasteiger partial charge < -0.3 is 20.3 Å². The van der Waals surface area contributed by atoms with Gasteiger partial charge in [0.25, 0.3) is 0 Å². The van der Waals surface area contributed by atoms with E-state index in [-0.39, 0.29) is 34.3 Å². The molecule has 9 heteroatoms. The Balaban J connectivity index is 1.99. The van der Waals surface area contributed by atoms with E-state index in [4.69, 9.17) is 4.74 Å². The Labute approximate surface area is 374 Å². The summed E-state index contributed by atoms with van der Waals surface area (Å²) in [6.45, 7) is 39.8. The van der Waals surface area contributed by atoms with Crippen LogP contribution in [0.2, 0.25) is 0 Å². The van der Waals surface area contributed by atoms with Gasteiger partial charge in [0.15, 0.2) is 17.3 Å². The van der Waals surface area contributed by atoms with Crippen LogP contribution < -0.4 is 10.6 Å². The molecule has 0 aliphatic carbocycles. The Bertz CT molecular complexity index is 1510. The first kappa shape index (κ1) is 54.8. The molecule has 2 fully saturated rings. The van der Waals surface area contributed by atoms with Crippen molar-refractivity contribution in [2.24, 2.45) is 16.2 Å². The number of Topliss-reactive ketones (excluding diaryl/α,β-unsaturated/α-hetero) is 3. The van der Waals surface area contributed by atoms with Crippen molar-refractivity contribution in [1.29, 1.82) is 0 Å². The summed E-state index contributed by atoms with van der Waals surface area (Å²) in [5.41, 5.74) is -3.73. The fourth-order valence-electron chi connectivity index (χ4n) is 10.1. The topological polar surface area (TPSA) is 108 Å². The van der Waals surface area contributed by atoms with E-state index in [9.17, 15) is 19.2 Å². The maximum Gasteiger partial charge on any atom is 0.409 e. The number of nitrogens with zero attached hydrogens (tertiary/aromatic N) is 2. The number of ketones is 3. The van der Waals surface area contributed by atoms with Crippen LogP contribution in [0.15, 0.2) is 24.3 Å². The Hall–Kier alpha value is -2.36. The van der Waals surface area contributed by atoms with Crippen molar-refractivity contribution in [1.82, 2.24) is 20.4 Å². The number of allylic oxidation sites excluding steroid dienone is 3. The molecule has 2 saturated heterocycles. The first-order valence-electron chi connectivity index (χ1n) is 23.8. The van der Waals surface area contributed by atoms with Crippen molar-refractivity contribution >= 4 is 23.4 Å². The highest BCUT2D eigenvalue weighted by atomic mass is 16.6. The maximum absolute atomic E-state index is 14.4. The molecule has 2 atom stereocenters. The lowest BCUT2D eigenvalue weighted by Crippen LogP contribution is -2.65. The van der Waals surface area contributed by atoms with Crippen molar-refractivity contribution in [2.75, 3.05) is 26.2 Å². The van der Waals surface area contributed by atoms with Crippen LogP contribution in [0.5, 0.6) is 0 Å². The van der Waals surface area contributed by atoms with E-state index in [0.29, 0.717) is 38.3 Å². The van der Waals surface area contributed by atoms with Gasteiger partial charge in [-0.2, -0.15) is 0 Å². The second-order valence-corrected chi connectivity index (χ2v) is 24.8. The highest BCUT2D eigenvalue weighted by Gasteiger charge is 2.53. The normalized spacial score (nSPS) is 21.0. The van der Waals surface area contributed by atoms with Crippen molar-refractivity contribution < 1.29 is 23.9 Å².